The summed E-state index contributed by atoms with van der Waals surface area (Å²) >= 11 is 11.6. The maximum Gasteiger partial charge on any atom is 0.251 e. The number of rotatable bonds is 2. The van der Waals surface area contributed by atoms with E-state index in [0.717, 1.165) is 12.8 Å². The summed E-state index contributed by atoms with van der Waals surface area (Å²) < 4.78 is 0. The molecule has 1 aliphatic rings. The van der Waals surface area contributed by atoms with Gasteiger partial charge in [0.05, 0.1) is 0 Å². The van der Waals surface area contributed by atoms with Crippen molar-refractivity contribution in [2.24, 2.45) is 5.92 Å². The van der Waals surface area contributed by atoms with Crippen molar-refractivity contribution >= 4 is 29.1 Å². The van der Waals surface area contributed by atoms with Crippen molar-refractivity contribution < 1.29 is 4.79 Å². The van der Waals surface area contributed by atoms with Crippen LogP contribution in [-0.2, 0) is 0 Å². The third-order valence-electron chi connectivity index (χ3n) is 3.30. The summed E-state index contributed by atoms with van der Waals surface area (Å²) in [6.45, 7) is 2.22. The van der Waals surface area contributed by atoms with E-state index in [-0.39, 0.29) is 22.3 Å². The third kappa shape index (κ3) is 3.59. The molecule has 0 bridgehead atoms. The molecule has 5 heteroatoms. The molecule has 1 saturated carbocycles. The molecule has 0 spiro atoms. The molecule has 2 rings (SSSR count). The molecule has 0 aromatic carbocycles. The summed E-state index contributed by atoms with van der Waals surface area (Å²) in [7, 11) is 0. The van der Waals surface area contributed by atoms with Gasteiger partial charge < -0.3 is 5.32 Å². The van der Waals surface area contributed by atoms with E-state index in [1.165, 1.54) is 25.0 Å². The van der Waals surface area contributed by atoms with Crippen molar-refractivity contribution in [3.63, 3.8) is 0 Å². The number of halogens is 2. The fourth-order valence-electron chi connectivity index (χ4n) is 2.43. The Hall–Kier alpha value is -0.800. The lowest BCUT2D eigenvalue weighted by molar-refractivity contribution is 0.0921. The molecule has 18 heavy (non-hydrogen) atoms. The van der Waals surface area contributed by atoms with Crippen LogP contribution in [0.3, 0.4) is 0 Å². The third-order valence-corrected chi connectivity index (χ3v) is 3.68. The lowest BCUT2D eigenvalue weighted by atomic mass is 9.87. The van der Waals surface area contributed by atoms with Gasteiger partial charge >= 0.3 is 0 Å². The number of hydrogen-bond donors (Lipinski definition) is 1. The topological polar surface area (TPSA) is 42.0 Å². The molecule has 1 amide bonds. The van der Waals surface area contributed by atoms with E-state index in [2.05, 4.69) is 17.2 Å². The number of aromatic nitrogens is 1. The van der Waals surface area contributed by atoms with Gasteiger partial charge in [-0.05, 0) is 30.9 Å². The predicted octanol–water partition coefficient (Wildman–Crippen LogP) is 3.70. The number of nitrogens with zero attached hydrogens (tertiary/aromatic N) is 1. The fourth-order valence-corrected chi connectivity index (χ4v) is 2.89. The van der Waals surface area contributed by atoms with E-state index in [1.807, 2.05) is 0 Å². The number of nitrogens with one attached hydrogen (secondary N) is 1. The predicted molar refractivity (Wildman–Crippen MR) is 73.1 cm³/mol. The largest absolute Gasteiger partial charge is 0.349 e. The summed E-state index contributed by atoms with van der Waals surface area (Å²) in [5, 5.41) is 3.52. The van der Waals surface area contributed by atoms with E-state index in [4.69, 9.17) is 23.2 Å². The van der Waals surface area contributed by atoms with Crippen molar-refractivity contribution in [1.82, 2.24) is 10.3 Å². The van der Waals surface area contributed by atoms with Crippen molar-refractivity contribution in [3.05, 3.63) is 28.0 Å². The Balaban J connectivity index is 2.02. The first kappa shape index (κ1) is 13.6. The summed E-state index contributed by atoms with van der Waals surface area (Å²) in [6.07, 6.45) is 4.50. The van der Waals surface area contributed by atoms with Gasteiger partial charge in [0, 0.05) is 11.6 Å². The zero-order valence-corrected chi connectivity index (χ0v) is 11.8. The zero-order chi connectivity index (χ0) is 13.1. The molecule has 1 aliphatic carbocycles. The van der Waals surface area contributed by atoms with Gasteiger partial charge in [0.25, 0.3) is 5.91 Å². The highest BCUT2D eigenvalue weighted by molar-refractivity contribution is 6.33. The van der Waals surface area contributed by atoms with Crippen LogP contribution in [0.2, 0.25) is 10.3 Å². The van der Waals surface area contributed by atoms with Crippen molar-refractivity contribution in [2.75, 3.05) is 0 Å². The number of carbonyl (C=O) groups is 1. The van der Waals surface area contributed by atoms with Crippen LogP contribution in [-0.4, -0.2) is 16.9 Å². The number of pyridine rings is 1. The standard InChI is InChI=1S/C13H16Cl2N2O/c1-8-3-2-4-10(5-8)16-13(18)9-6-11(14)17-12(15)7-9/h6-8,10H,2-5H2,1H3,(H,16,18). The van der Waals surface area contributed by atoms with E-state index in [0.29, 0.717) is 11.5 Å². The van der Waals surface area contributed by atoms with E-state index < -0.39 is 0 Å². The molecule has 3 nitrogen and oxygen atoms in total. The van der Waals surface area contributed by atoms with Crippen LogP contribution in [0.15, 0.2) is 12.1 Å². The minimum absolute atomic E-state index is 0.125. The quantitative estimate of drug-likeness (QED) is 0.843. The molecule has 0 aliphatic heterocycles. The van der Waals surface area contributed by atoms with Gasteiger partial charge in [-0.2, -0.15) is 0 Å². The minimum Gasteiger partial charge on any atom is -0.349 e. The first-order chi connectivity index (χ1) is 8.54. The summed E-state index contributed by atoms with van der Waals surface area (Å²) in [5.41, 5.74) is 0.471. The van der Waals surface area contributed by atoms with Crippen LogP contribution in [0.5, 0.6) is 0 Å². The monoisotopic (exact) mass is 286 g/mol. The Labute approximate surface area is 117 Å². The summed E-state index contributed by atoms with van der Waals surface area (Å²) in [4.78, 5) is 15.9. The Morgan fingerprint density at radius 2 is 2.00 bits per heavy atom. The van der Waals surface area contributed by atoms with Crippen LogP contribution in [0.25, 0.3) is 0 Å². The second kappa shape index (κ2) is 5.89. The average molecular weight is 287 g/mol. The normalized spacial score (nSPS) is 23.7. The second-order valence-corrected chi connectivity index (χ2v) is 5.72. The molecule has 1 fully saturated rings. The highest BCUT2D eigenvalue weighted by Gasteiger charge is 2.21. The summed E-state index contributed by atoms with van der Waals surface area (Å²) in [5.74, 6) is 0.550. The van der Waals surface area contributed by atoms with E-state index in [1.54, 1.807) is 0 Å². The Morgan fingerprint density at radius 1 is 1.33 bits per heavy atom. The lowest BCUT2D eigenvalue weighted by Gasteiger charge is -2.27. The van der Waals surface area contributed by atoms with Gasteiger partial charge in [0.2, 0.25) is 0 Å². The van der Waals surface area contributed by atoms with Crippen molar-refractivity contribution in [2.45, 2.75) is 38.6 Å². The molecule has 2 atom stereocenters. The number of carbonyl (C=O) groups excluding carboxylic acids is 1. The maximum atomic E-state index is 12.1. The first-order valence-electron chi connectivity index (χ1n) is 6.18. The molecule has 2 unspecified atom stereocenters. The second-order valence-electron chi connectivity index (χ2n) is 4.94. The fraction of sp³-hybridized carbons (Fsp3) is 0.538. The first-order valence-corrected chi connectivity index (χ1v) is 6.94. The molecule has 1 heterocycles. The van der Waals surface area contributed by atoms with Gasteiger partial charge in [-0.25, -0.2) is 4.98 Å². The minimum atomic E-state index is -0.125. The molecular weight excluding hydrogens is 271 g/mol. The number of hydrogen-bond acceptors (Lipinski definition) is 2. The molecular formula is C13H16Cl2N2O. The molecule has 1 N–H and O–H groups in total. The molecule has 0 saturated heterocycles. The van der Waals surface area contributed by atoms with Crippen molar-refractivity contribution in [3.8, 4) is 0 Å². The van der Waals surface area contributed by atoms with Crippen LogP contribution in [0, 0.1) is 5.92 Å². The van der Waals surface area contributed by atoms with Crippen LogP contribution < -0.4 is 5.32 Å². The zero-order valence-electron chi connectivity index (χ0n) is 10.2. The Kier molecular flexibility index (Phi) is 4.46. The van der Waals surface area contributed by atoms with Gasteiger partial charge in [-0.1, -0.05) is 43.0 Å². The average Bonchev–Trinajstić information content (AvgIpc) is 2.27. The van der Waals surface area contributed by atoms with Gasteiger partial charge in [0.1, 0.15) is 10.3 Å². The summed E-state index contributed by atoms with van der Waals surface area (Å²) in [6, 6.07) is 3.33. The van der Waals surface area contributed by atoms with Gasteiger partial charge in [-0.3, -0.25) is 4.79 Å². The van der Waals surface area contributed by atoms with Crippen molar-refractivity contribution in [1.29, 1.82) is 0 Å². The molecule has 98 valence electrons. The van der Waals surface area contributed by atoms with E-state index in [9.17, 15) is 4.79 Å². The Bertz CT molecular complexity index is 430. The van der Waals surface area contributed by atoms with Gasteiger partial charge in [-0.15, -0.1) is 0 Å². The highest BCUT2D eigenvalue weighted by atomic mass is 35.5. The van der Waals surface area contributed by atoms with E-state index >= 15 is 0 Å². The van der Waals surface area contributed by atoms with Crippen LogP contribution in [0.1, 0.15) is 43.0 Å². The van der Waals surface area contributed by atoms with Crippen LogP contribution >= 0.6 is 23.2 Å². The molecule has 1 aromatic heterocycles. The number of amides is 1. The van der Waals surface area contributed by atoms with Gasteiger partial charge in [0.15, 0.2) is 0 Å². The van der Waals surface area contributed by atoms with Crippen LogP contribution in [0.4, 0.5) is 0 Å². The molecule has 1 aromatic rings. The lowest BCUT2D eigenvalue weighted by Crippen LogP contribution is -2.38. The molecule has 0 radical (unpaired) electrons. The Morgan fingerprint density at radius 3 is 2.61 bits per heavy atom. The highest BCUT2D eigenvalue weighted by Crippen LogP contribution is 2.24. The maximum absolute atomic E-state index is 12.1. The SMILES string of the molecule is CC1CCCC(NC(=O)c2cc(Cl)nc(Cl)c2)C1. The smallest absolute Gasteiger partial charge is 0.251 e.